The number of ether oxygens (including phenoxy) is 2. The Morgan fingerprint density at radius 2 is 1.68 bits per heavy atom. The Kier molecular flexibility index (Phi) is 6.65. The zero-order chi connectivity index (χ0) is 18.2. The molecule has 2 aromatic carbocycles. The van der Waals surface area contributed by atoms with E-state index in [1.807, 2.05) is 6.07 Å². The molecule has 0 saturated heterocycles. The fourth-order valence-electron chi connectivity index (χ4n) is 2.49. The molecule has 1 amide bonds. The summed E-state index contributed by atoms with van der Waals surface area (Å²) in [7, 11) is 2.62. The van der Waals surface area contributed by atoms with Gasteiger partial charge in [-0.05, 0) is 17.2 Å². The van der Waals surface area contributed by atoms with Gasteiger partial charge in [0.2, 0.25) is 0 Å². The highest BCUT2D eigenvalue weighted by Crippen LogP contribution is 2.17. The van der Waals surface area contributed by atoms with Crippen LogP contribution in [0.3, 0.4) is 0 Å². The molecular weight excluding hydrogens is 325 g/mol. The van der Waals surface area contributed by atoms with Crippen molar-refractivity contribution in [1.29, 1.82) is 0 Å². The third-order valence-corrected chi connectivity index (χ3v) is 3.76. The predicted molar refractivity (Wildman–Crippen MR) is 90.2 cm³/mol. The summed E-state index contributed by atoms with van der Waals surface area (Å²) in [5, 5.41) is 2.59. The number of halogens is 1. The van der Waals surface area contributed by atoms with Crippen molar-refractivity contribution in [2.75, 3.05) is 14.2 Å². The van der Waals surface area contributed by atoms with Gasteiger partial charge in [-0.15, -0.1) is 0 Å². The van der Waals surface area contributed by atoms with Crippen LogP contribution in [0.1, 0.15) is 17.2 Å². The second-order valence-electron chi connectivity index (χ2n) is 5.41. The first kappa shape index (κ1) is 18.6. The zero-order valence-corrected chi connectivity index (χ0v) is 14.1. The number of benzene rings is 2. The standard InChI is InChI=1S/C19H20FNO4/c1-24-17(13-8-4-3-5-9-13)18(22)21-16(19(23)25-2)12-14-10-6-7-11-15(14)20/h3-11,16-17H,12H2,1-2H3,(H,21,22)/t16-,17+/m1/s1. The van der Waals surface area contributed by atoms with Crippen molar-refractivity contribution in [2.24, 2.45) is 0 Å². The molecule has 25 heavy (non-hydrogen) atoms. The Morgan fingerprint density at radius 1 is 1.04 bits per heavy atom. The van der Waals surface area contributed by atoms with Crippen molar-refractivity contribution in [2.45, 2.75) is 18.6 Å². The Morgan fingerprint density at radius 3 is 2.28 bits per heavy atom. The number of methoxy groups -OCH3 is 2. The van der Waals surface area contributed by atoms with E-state index < -0.39 is 29.8 Å². The van der Waals surface area contributed by atoms with Gasteiger partial charge in [0.15, 0.2) is 6.10 Å². The molecule has 2 atom stereocenters. The molecule has 2 aromatic rings. The molecule has 0 spiro atoms. The normalized spacial score (nSPS) is 12.9. The lowest BCUT2D eigenvalue weighted by Gasteiger charge is -2.21. The van der Waals surface area contributed by atoms with Crippen LogP contribution in [0.4, 0.5) is 4.39 Å². The predicted octanol–water partition coefficient (Wildman–Crippen LogP) is 2.41. The monoisotopic (exact) mass is 345 g/mol. The highest BCUT2D eigenvalue weighted by Gasteiger charge is 2.28. The third kappa shape index (κ3) is 4.87. The van der Waals surface area contributed by atoms with E-state index in [1.165, 1.54) is 20.3 Å². The summed E-state index contributed by atoms with van der Waals surface area (Å²) in [6.07, 6.45) is -0.898. The van der Waals surface area contributed by atoms with Gasteiger partial charge in [0.05, 0.1) is 7.11 Å². The number of carbonyl (C=O) groups excluding carboxylic acids is 2. The van der Waals surface area contributed by atoms with Crippen LogP contribution in [0, 0.1) is 5.82 Å². The average Bonchev–Trinajstić information content (AvgIpc) is 2.63. The van der Waals surface area contributed by atoms with E-state index in [0.29, 0.717) is 11.1 Å². The van der Waals surface area contributed by atoms with E-state index in [1.54, 1.807) is 42.5 Å². The van der Waals surface area contributed by atoms with Gasteiger partial charge in [0, 0.05) is 13.5 Å². The largest absolute Gasteiger partial charge is 0.467 e. The first-order chi connectivity index (χ1) is 12.1. The van der Waals surface area contributed by atoms with Crippen LogP contribution in [0.5, 0.6) is 0 Å². The molecule has 0 heterocycles. The summed E-state index contributed by atoms with van der Waals surface area (Å²) in [5.74, 6) is -1.60. The summed E-state index contributed by atoms with van der Waals surface area (Å²) in [4.78, 5) is 24.6. The molecule has 6 heteroatoms. The van der Waals surface area contributed by atoms with Gasteiger partial charge in [-0.25, -0.2) is 9.18 Å². The minimum absolute atomic E-state index is 0.0175. The third-order valence-electron chi connectivity index (χ3n) is 3.76. The second-order valence-corrected chi connectivity index (χ2v) is 5.41. The summed E-state index contributed by atoms with van der Waals surface area (Å²) in [5.41, 5.74) is 0.962. The van der Waals surface area contributed by atoms with Crippen molar-refractivity contribution in [3.63, 3.8) is 0 Å². The molecule has 0 radical (unpaired) electrons. The molecule has 0 aliphatic carbocycles. The van der Waals surface area contributed by atoms with Gasteiger partial charge in [-0.2, -0.15) is 0 Å². The molecule has 2 rings (SSSR count). The van der Waals surface area contributed by atoms with Crippen LogP contribution in [-0.2, 0) is 25.5 Å². The number of hydrogen-bond acceptors (Lipinski definition) is 4. The molecule has 0 unspecified atom stereocenters. The van der Waals surface area contributed by atoms with Crippen molar-refractivity contribution >= 4 is 11.9 Å². The summed E-state index contributed by atoms with van der Waals surface area (Å²) < 4.78 is 23.8. The Balaban J connectivity index is 2.17. The van der Waals surface area contributed by atoms with E-state index in [9.17, 15) is 14.0 Å². The summed E-state index contributed by atoms with van der Waals surface area (Å²) in [6.45, 7) is 0. The molecule has 0 aliphatic heterocycles. The molecule has 5 nitrogen and oxygen atoms in total. The van der Waals surface area contributed by atoms with Gasteiger partial charge in [0.25, 0.3) is 5.91 Å². The lowest BCUT2D eigenvalue weighted by molar-refractivity contribution is -0.146. The topological polar surface area (TPSA) is 64.6 Å². The maximum absolute atomic E-state index is 13.9. The van der Waals surface area contributed by atoms with Crippen molar-refractivity contribution < 1.29 is 23.5 Å². The summed E-state index contributed by atoms with van der Waals surface area (Å²) in [6, 6.07) is 13.9. The van der Waals surface area contributed by atoms with Crippen LogP contribution >= 0.6 is 0 Å². The van der Waals surface area contributed by atoms with Gasteiger partial charge >= 0.3 is 5.97 Å². The number of amides is 1. The zero-order valence-electron chi connectivity index (χ0n) is 14.1. The first-order valence-corrected chi connectivity index (χ1v) is 7.76. The number of rotatable bonds is 7. The van der Waals surface area contributed by atoms with Gasteiger partial charge in [-0.1, -0.05) is 48.5 Å². The maximum Gasteiger partial charge on any atom is 0.328 e. The molecule has 0 saturated carbocycles. The SMILES string of the molecule is COC(=O)[C@@H](Cc1ccccc1F)NC(=O)[C@@H](OC)c1ccccc1. The lowest BCUT2D eigenvalue weighted by atomic mass is 10.0. The minimum Gasteiger partial charge on any atom is -0.467 e. The van der Waals surface area contributed by atoms with Crippen LogP contribution in [0.2, 0.25) is 0 Å². The van der Waals surface area contributed by atoms with Crippen molar-refractivity contribution in [1.82, 2.24) is 5.32 Å². The van der Waals surface area contributed by atoms with Crippen molar-refractivity contribution in [3.05, 3.63) is 71.5 Å². The van der Waals surface area contributed by atoms with Gasteiger partial charge < -0.3 is 14.8 Å². The lowest BCUT2D eigenvalue weighted by Crippen LogP contribution is -2.45. The quantitative estimate of drug-likeness (QED) is 0.783. The Labute approximate surface area is 145 Å². The molecule has 1 N–H and O–H groups in total. The van der Waals surface area contributed by atoms with E-state index >= 15 is 0 Å². The van der Waals surface area contributed by atoms with Gasteiger partial charge in [-0.3, -0.25) is 4.79 Å². The molecule has 0 bridgehead atoms. The average molecular weight is 345 g/mol. The smallest absolute Gasteiger partial charge is 0.328 e. The first-order valence-electron chi connectivity index (χ1n) is 7.76. The fraction of sp³-hybridized carbons (Fsp3) is 0.263. The highest BCUT2D eigenvalue weighted by molar-refractivity contribution is 5.87. The number of carbonyl (C=O) groups is 2. The van der Waals surface area contributed by atoms with Crippen molar-refractivity contribution in [3.8, 4) is 0 Å². The number of esters is 1. The fourth-order valence-corrected chi connectivity index (χ4v) is 2.49. The molecule has 0 fully saturated rings. The van der Waals surface area contributed by atoms with Gasteiger partial charge in [0.1, 0.15) is 11.9 Å². The second kappa shape index (κ2) is 8.94. The highest BCUT2D eigenvalue weighted by atomic mass is 19.1. The molecule has 132 valence electrons. The summed E-state index contributed by atoms with van der Waals surface area (Å²) >= 11 is 0. The molecule has 0 aliphatic rings. The number of nitrogens with one attached hydrogen (secondary N) is 1. The van der Waals surface area contributed by atoms with E-state index in [4.69, 9.17) is 9.47 Å². The van der Waals surface area contributed by atoms with Crippen LogP contribution in [0.25, 0.3) is 0 Å². The Hall–Kier alpha value is -2.73. The molecular formula is C19H20FNO4. The van der Waals surface area contributed by atoms with Crippen LogP contribution in [0.15, 0.2) is 54.6 Å². The van der Waals surface area contributed by atoms with E-state index in [-0.39, 0.29) is 6.42 Å². The molecule has 0 aromatic heterocycles. The maximum atomic E-state index is 13.9. The number of hydrogen-bond donors (Lipinski definition) is 1. The van der Waals surface area contributed by atoms with E-state index in [2.05, 4.69) is 5.32 Å². The minimum atomic E-state index is -1.02. The van der Waals surface area contributed by atoms with Crippen LogP contribution < -0.4 is 5.32 Å². The Bertz CT molecular complexity index is 720. The van der Waals surface area contributed by atoms with Crippen LogP contribution in [-0.4, -0.2) is 32.1 Å². The van der Waals surface area contributed by atoms with E-state index in [0.717, 1.165) is 0 Å².